The minimum absolute atomic E-state index is 0.0458. The zero-order valence-electron chi connectivity index (χ0n) is 17.3. The average molecular weight is 522 g/mol. The van der Waals surface area contributed by atoms with E-state index in [1.54, 1.807) is 0 Å². The van der Waals surface area contributed by atoms with Crippen molar-refractivity contribution in [1.82, 2.24) is 0 Å². The van der Waals surface area contributed by atoms with Crippen molar-refractivity contribution in [3.05, 3.63) is 60.7 Å². The van der Waals surface area contributed by atoms with Crippen LogP contribution in [0.1, 0.15) is 38.5 Å². The van der Waals surface area contributed by atoms with Gasteiger partial charge in [-0.1, -0.05) is 0 Å². The van der Waals surface area contributed by atoms with Crippen LogP contribution in [-0.2, 0) is 9.47 Å². The normalized spacial score (nSPS) is 29.8. The van der Waals surface area contributed by atoms with Crippen molar-refractivity contribution < 1.29 is 9.47 Å². The molecular weight excluding hydrogens is 490 g/mol. The Kier molecular flexibility index (Phi) is 7.92. The Bertz CT molecular complexity index is 739. The van der Waals surface area contributed by atoms with Crippen molar-refractivity contribution in [1.29, 1.82) is 0 Å². The molecule has 1 saturated heterocycles. The number of benzene rings is 2. The molecule has 1 aliphatic carbocycles. The molecule has 1 saturated carbocycles. The first-order chi connectivity index (χ1) is 14.3. The van der Waals surface area contributed by atoms with Gasteiger partial charge in [0.25, 0.3) is 0 Å². The average Bonchev–Trinajstić information content (AvgIpc) is 2.94. The van der Waals surface area contributed by atoms with Crippen LogP contribution in [-0.4, -0.2) is 54.8 Å². The quantitative estimate of drug-likeness (QED) is 0.512. The van der Waals surface area contributed by atoms with E-state index in [2.05, 4.69) is 60.7 Å². The second kappa shape index (κ2) is 10.6. The van der Waals surface area contributed by atoms with Crippen molar-refractivity contribution in [2.45, 2.75) is 67.0 Å². The Balaban J connectivity index is 1.46. The van der Waals surface area contributed by atoms with Gasteiger partial charge in [0, 0.05) is 0 Å². The summed E-state index contributed by atoms with van der Waals surface area (Å²) in [5.74, 6) is 0.659. The van der Waals surface area contributed by atoms with E-state index in [1.165, 1.54) is 46.3 Å². The van der Waals surface area contributed by atoms with E-state index < -0.39 is 0 Å². The fraction of sp³-hybridized carbons (Fsp3) is 0.520. The van der Waals surface area contributed by atoms with Crippen molar-refractivity contribution in [3.63, 3.8) is 0 Å². The summed E-state index contributed by atoms with van der Waals surface area (Å²) < 4.78 is 16.1. The van der Waals surface area contributed by atoms with Gasteiger partial charge in [-0.2, -0.15) is 0 Å². The molecule has 1 heterocycles. The molecule has 4 heteroatoms. The number of rotatable bonds is 7. The van der Waals surface area contributed by atoms with Crippen LogP contribution in [0.2, 0.25) is 10.6 Å². The van der Waals surface area contributed by atoms with Crippen LogP contribution in [0.15, 0.2) is 60.7 Å². The molecule has 0 aromatic heterocycles. The van der Waals surface area contributed by atoms with E-state index in [9.17, 15) is 0 Å². The predicted molar refractivity (Wildman–Crippen MR) is 123 cm³/mol. The van der Waals surface area contributed by atoms with E-state index in [-0.39, 0.29) is 5.60 Å². The third-order valence-electron chi connectivity index (χ3n) is 6.42. The number of hydrogen-bond acceptors (Lipinski definition) is 2. The summed E-state index contributed by atoms with van der Waals surface area (Å²) in [5.41, 5.74) is 0.0458. The third-order valence-corrected chi connectivity index (χ3v) is 11.2. The number of ether oxygens (including phenoxy) is 2. The Hall–Kier alpha value is -0.601. The topological polar surface area (TPSA) is 18.5 Å². The summed E-state index contributed by atoms with van der Waals surface area (Å²) in [5, 5.41) is 2.34. The van der Waals surface area contributed by atoms with Gasteiger partial charge in [0.1, 0.15) is 0 Å². The molecule has 2 aromatic carbocycles. The number of fused-ring (bicyclic) bond motifs is 1. The summed E-state index contributed by atoms with van der Waals surface area (Å²) in [4.78, 5) is 0. The molecule has 0 spiro atoms. The number of methoxy groups -OCH3 is 1. The molecule has 156 valence electrons. The van der Waals surface area contributed by atoms with Gasteiger partial charge in [0.15, 0.2) is 0 Å². The summed E-state index contributed by atoms with van der Waals surface area (Å²) in [6, 6.07) is 21.9. The molecule has 4 atom stereocenters. The van der Waals surface area contributed by atoms with Crippen molar-refractivity contribution in [2.24, 2.45) is 5.92 Å². The molecule has 0 radical (unpaired) electrons. The zero-order valence-corrected chi connectivity index (χ0v) is 20.7. The Morgan fingerprint density at radius 2 is 1.52 bits per heavy atom. The molecule has 0 amide bonds. The summed E-state index contributed by atoms with van der Waals surface area (Å²) in [6.07, 6.45) is 8.15. The molecule has 2 nitrogen and oxygen atoms in total. The van der Waals surface area contributed by atoms with Crippen LogP contribution in [0.3, 0.4) is 0 Å². The van der Waals surface area contributed by atoms with Gasteiger partial charge in [-0.25, -0.2) is 0 Å². The maximum atomic E-state index is 6.82. The Morgan fingerprint density at radius 3 is 2.14 bits per heavy atom. The first-order valence-electron chi connectivity index (χ1n) is 10.8. The zero-order chi connectivity index (χ0) is 19.9. The first kappa shape index (κ1) is 21.6. The molecule has 2 aromatic rings. The van der Waals surface area contributed by atoms with Gasteiger partial charge in [-0.05, 0) is 0 Å². The molecule has 2 fully saturated rings. The summed E-state index contributed by atoms with van der Waals surface area (Å²) in [6.45, 7) is 0. The SMILES string of the molecule is COC12CCCCC1C[C@H](C[Se]c1ccccc1)O[C@H](C[Se]c1ccccc1)C2. The van der Waals surface area contributed by atoms with E-state index in [0.717, 1.165) is 11.7 Å². The fourth-order valence-corrected chi connectivity index (χ4v) is 8.85. The fourth-order valence-electron chi connectivity index (χ4n) is 4.93. The van der Waals surface area contributed by atoms with E-state index in [0.29, 0.717) is 48.0 Å². The van der Waals surface area contributed by atoms with Crippen LogP contribution in [0.25, 0.3) is 0 Å². The molecule has 0 bridgehead atoms. The molecule has 2 aliphatic rings. The first-order valence-corrected chi connectivity index (χ1v) is 15.0. The van der Waals surface area contributed by atoms with Gasteiger partial charge in [0.2, 0.25) is 0 Å². The second-order valence-corrected chi connectivity index (χ2v) is 12.9. The summed E-state index contributed by atoms with van der Waals surface area (Å²) in [7, 11) is 1.95. The van der Waals surface area contributed by atoms with Crippen LogP contribution >= 0.6 is 0 Å². The van der Waals surface area contributed by atoms with Crippen LogP contribution in [0.4, 0.5) is 0 Å². The van der Waals surface area contributed by atoms with Gasteiger partial charge >= 0.3 is 189 Å². The predicted octanol–water partition coefficient (Wildman–Crippen LogP) is 4.01. The van der Waals surface area contributed by atoms with Gasteiger partial charge in [-0.15, -0.1) is 0 Å². The van der Waals surface area contributed by atoms with Crippen LogP contribution in [0, 0.1) is 5.92 Å². The van der Waals surface area contributed by atoms with Crippen molar-refractivity contribution in [3.8, 4) is 0 Å². The van der Waals surface area contributed by atoms with E-state index in [1.807, 2.05) is 7.11 Å². The molecular formula is C25H32O2Se2. The van der Waals surface area contributed by atoms with Crippen molar-refractivity contribution in [2.75, 3.05) is 7.11 Å². The second-order valence-electron chi connectivity index (χ2n) is 8.28. The van der Waals surface area contributed by atoms with Gasteiger partial charge < -0.3 is 0 Å². The number of hydrogen-bond donors (Lipinski definition) is 0. The molecule has 0 N–H and O–H groups in total. The molecule has 29 heavy (non-hydrogen) atoms. The van der Waals surface area contributed by atoms with Crippen LogP contribution in [0.5, 0.6) is 0 Å². The third kappa shape index (κ3) is 5.76. The Morgan fingerprint density at radius 1 is 0.897 bits per heavy atom. The van der Waals surface area contributed by atoms with Gasteiger partial charge in [0.05, 0.1) is 0 Å². The standard InChI is InChI=1S/C25H32O2Se2/c1-26-25-15-9-8-10-20(25)16-21(18-28-23-11-4-2-5-12-23)27-22(17-25)19-29-24-13-6-3-7-14-24/h2-7,11-14,20-22H,8-10,15-19H2,1H3/t20?,21-,22+,25?/m1/s1. The molecule has 4 rings (SSSR count). The van der Waals surface area contributed by atoms with Crippen molar-refractivity contribution >= 4 is 38.8 Å². The van der Waals surface area contributed by atoms with Gasteiger partial charge in [-0.3, -0.25) is 0 Å². The Labute approximate surface area is 188 Å². The minimum atomic E-state index is 0.0458. The monoisotopic (exact) mass is 524 g/mol. The molecule has 2 unspecified atom stereocenters. The summed E-state index contributed by atoms with van der Waals surface area (Å²) >= 11 is 0.945. The van der Waals surface area contributed by atoms with E-state index in [4.69, 9.17) is 9.47 Å². The molecule has 1 aliphatic heterocycles. The van der Waals surface area contributed by atoms with Crippen LogP contribution < -0.4 is 8.92 Å². The maximum absolute atomic E-state index is 6.82. The van der Waals surface area contributed by atoms with E-state index >= 15 is 0 Å².